The number of halogens is 4. The molecule has 0 amide bonds. The van der Waals surface area contributed by atoms with Crippen molar-refractivity contribution in [3.05, 3.63) is 34.9 Å². The van der Waals surface area contributed by atoms with Crippen molar-refractivity contribution < 1.29 is 22.3 Å². The van der Waals surface area contributed by atoms with Crippen LogP contribution >= 0.6 is 0 Å². The van der Waals surface area contributed by atoms with Gasteiger partial charge in [-0.1, -0.05) is 25.1 Å². The maximum atomic E-state index is 13.6. The molecule has 2 rings (SSSR count). The number of fused-ring (bicyclic) bond motifs is 1. The maximum absolute atomic E-state index is 13.6. The maximum Gasteiger partial charge on any atom is 0.326 e. The molecule has 0 saturated carbocycles. The minimum Gasteiger partial charge on any atom is -0.372 e. The zero-order chi connectivity index (χ0) is 14.0. The van der Waals surface area contributed by atoms with Gasteiger partial charge in [0, 0.05) is 0 Å². The van der Waals surface area contributed by atoms with Crippen molar-refractivity contribution in [2.24, 2.45) is 0 Å². The van der Waals surface area contributed by atoms with E-state index in [-0.39, 0.29) is 12.1 Å². The van der Waals surface area contributed by atoms with Crippen molar-refractivity contribution in [1.82, 2.24) is 5.32 Å². The molecule has 0 spiro atoms. The molecule has 1 unspecified atom stereocenters. The Bertz CT molecular complexity index is 450. The zero-order valence-electron chi connectivity index (χ0n) is 10.4. The van der Waals surface area contributed by atoms with E-state index in [9.17, 15) is 17.6 Å². The number of benzene rings is 1. The Kier molecular flexibility index (Phi) is 4.10. The van der Waals surface area contributed by atoms with Crippen LogP contribution in [-0.2, 0) is 18.0 Å². The van der Waals surface area contributed by atoms with Gasteiger partial charge in [-0.15, -0.1) is 0 Å². The molecule has 2 nitrogen and oxygen atoms in total. The Morgan fingerprint density at radius 3 is 2.58 bits per heavy atom. The number of rotatable bonds is 5. The second-order valence-electron chi connectivity index (χ2n) is 4.49. The van der Waals surface area contributed by atoms with E-state index in [1.54, 1.807) is 13.0 Å². The summed E-state index contributed by atoms with van der Waals surface area (Å²) in [6.07, 6.45) is -3.71. The molecule has 106 valence electrons. The Morgan fingerprint density at radius 2 is 1.95 bits per heavy atom. The molecule has 1 aromatic rings. The van der Waals surface area contributed by atoms with Crippen LogP contribution in [0.4, 0.5) is 17.6 Å². The molecule has 0 saturated heterocycles. The topological polar surface area (TPSA) is 21.3 Å². The summed E-state index contributed by atoms with van der Waals surface area (Å²) in [6, 6.07) is 2.94. The van der Waals surface area contributed by atoms with Crippen molar-refractivity contribution in [1.29, 1.82) is 0 Å². The van der Waals surface area contributed by atoms with Crippen molar-refractivity contribution in [2.75, 3.05) is 6.54 Å². The van der Waals surface area contributed by atoms with Crippen LogP contribution < -0.4 is 5.32 Å². The van der Waals surface area contributed by atoms with Gasteiger partial charge >= 0.3 is 12.3 Å². The lowest BCUT2D eigenvalue weighted by atomic mass is 9.97. The van der Waals surface area contributed by atoms with E-state index in [4.69, 9.17) is 4.74 Å². The molecule has 0 aliphatic carbocycles. The predicted octanol–water partition coefficient (Wildman–Crippen LogP) is 3.27. The third-order valence-corrected chi connectivity index (χ3v) is 3.16. The van der Waals surface area contributed by atoms with Crippen LogP contribution in [-0.4, -0.2) is 18.9 Å². The number of alkyl halides is 4. The fraction of sp³-hybridized carbons (Fsp3) is 0.538. The second kappa shape index (κ2) is 5.46. The third kappa shape index (κ3) is 2.74. The molecule has 1 heterocycles. The highest BCUT2D eigenvalue weighted by Gasteiger charge is 2.49. The highest BCUT2D eigenvalue weighted by atomic mass is 19.3. The van der Waals surface area contributed by atoms with Crippen LogP contribution in [0.2, 0.25) is 0 Å². The van der Waals surface area contributed by atoms with Gasteiger partial charge in [-0.25, -0.2) is 8.78 Å². The van der Waals surface area contributed by atoms with E-state index < -0.39 is 18.4 Å². The van der Waals surface area contributed by atoms with Gasteiger partial charge in [0.2, 0.25) is 0 Å². The third-order valence-electron chi connectivity index (χ3n) is 3.16. The van der Waals surface area contributed by atoms with Crippen molar-refractivity contribution in [3.63, 3.8) is 0 Å². The average molecular weight is 277 g/mol. The van der Waals surface area contributed by atoms with Gasteiger partial charge in [-0.3, -0.25) is 0 Å². The summed E-state index contributed by atoms with van der Waals surface area (Å²) in [5.41, 5.74) is 1.86. The fourth-order valence-corrected chi connectivity index (χ4v) is 2.18. The molecule has 1 atom stereocenters. The summed E-state index contributed by atoms with van der Waals surface area (Å²) >= 11 is 0. The summed E-state index contributed by atoms with van der Waals surface area (Å²) in [5, 5.41) is 2.44. The number of hydrogen-bond acceptors (Lipinski definition) is 2. The molecule has 1 N–H and O–H groups in total. The number of hydrogen-bond donors (Lipinski definition) is 1. The monoisotopic (exact) mass is 277 g/mol. The summed E-state index contributed by atoms with van der Waals surface area (Å²) in [5.74, 6) is -4.11. The molecule has 0 bridgehead atoms. The Labute approximate surface area is 108 Å². The first-order chi connectivity index (χ1) is 8.96. The normalized spacial score (nSPS) is 16.7. The Morgan fingerprint density at radius 1 is 1.26 bits per heavy atom. The van der Waals surface area contributed by atoms with Crippen molar-refractivity contribution in [3.8, 4) is 0 Å². The lowest BCUT2D eigenvalue weighted by Crippen LogP contribution is -2.42. The lowest BCUT2D eigenvalue weighted by molar-refractivity contribution is -0.151. The van der Waals surface area contributed by atoms with Gasteiger partial charge in [0.25, 0.3) is 0 Å². The van der Waals surface area contributed by atoms with Crippen LogP contribution in [0, 0.1) is 0 Å². The van der Waals surface area contributed by atoms with Crippen LogP contribution in [0.5, 0.6) is 0 Å². The largest absolute Gasteiger partial charge is 0.372 e. The van der Waals surface area contributed by atoms with E-state index in [1.165, 1.54) is 12.1 Å². The fourth-order valence-electron chi connectivity index (χ4n) is 2.18. The number of ether oxygens (including phenoxy) is 1. The van der Waals surface area contributed by atoms with E-state index >= 15 is 0 Å². The highest BCUT2D eigenvalue weighted by Crippen LogP contribution is 2.37. The first-order valence-electron chi connectivity index (χ1n) is 6.05. The van der Waals surface area contributed by atoms with Gasteiger partial charge in [0.1, 0.15) is 6.04 Å². The van der Waals surface area contributed by atoms with Crippen molar-refractivity contribution >= 4 is 0 Å². The predicted molar refractivity (Wildman–Crippen MR) is 62.3 cm³/mol. The lowest BCUT2D eigenvalue weighted by Gasteiger charge is -2.27. The van der Waals surface area contributed by atoms with Crippen molar-refractivity contribution in [2.45, 2.75) is 38.5 Å². The first kappa shape index (κ1) is 14.3. The molecular weight excluding hydrogens is 262 g/mol. The van der Waals surface area contributed by atoms with E-state index in [2.05, 4.69) is 5.32 Å². The summed E-state index contributed by atoms with van der Waals surface area (Å²) in [6.45, 7) is 2.56. The molecule has 1 aliphatic rings. The first-order valence-corrected chi connectivity index (χ1v) is 6.05. The quantitative estimate of drug-likeness (QED) is 0.834. The standard InChI is InChI=1S/C13H15F4NO/c1-2-18-11(13(16,17)12(14)15)8-3-4-9-6-19-7-10(9)5-8/h3-5,11-12,18H,2,6-7H2,1H3. The molecule has 6 heteroatoms. The van der Waals surface area contributed by atoms with Crippen LogP contribution in [0.3, 0.4) is 0 Å². The summed E-state index contributed by atoms with van der Waals surface area (Å²) < 4.78 is 57.4. The van der Waals surface area contributed by atoms with Crippen LogP contribution in [0.15, 0.2) is 18.2 Å². The average Bonchev–Trinajstić information content (AvgIpc) is 2.82. The smallest absolute Gasteiger partial charge is 0.326 e. The van der Waals surface area contributed by atoms with Gasteiger partial charge in [0.15, 0.2) is 0 Å². The van der Waals surface area contributed by atoms with E-state index in [1.807, 2.05) is 0 Å². The van der Waals surface area contributed by atoms with Gasteiger partial charge in [0.05, 0.1) is 13.2 Å². The summed E-state index contributed by atoms with van der Waals surface area (Å²) in [7, 11) is 0. The minimum atomic E-state index is -4.11. The number of nitrogens with one attached hydrogen (secondary N) is 1. The molecular formula is C13H15F4NO. The van der Waals surface area contributed by atoms with Crippen LogP contribution in [0.1, 0.15) is 29.7 Å². The minimum absolute atomic E-state index is 0.163. The molecule has 1 aliphatic heterocycles. The van der Waals surface area contributed by atoms with Gasteiger partial charge < -0.3 is 10.1 Å². The van der Waals surface area contributed by atoms with Gasteiger partial charge in [-0.2, -0.15) is 8.78 Å². The zero-order valence-corrected chi connectivity index (χ0v) is 10.4. The molecule has 1 aromatic carbocycles. The van der Waals surface area contributed by atoms with Gasteiger partial charge in [-0.05, 0) is 23.2 Å². The second-order valence-corrected chi connectivity index (χ2v) is 4.49. The Hall–Kier alpha value is -1.14. The van der Waals surface area contributed by atoms with E-state index in [0.29, 0.717) is 13.2 Å². The molecule has 0 aromatic heterocycles. The Balaban J connectivity index is 2.34. The molecule has 0 radical (unpaired) electrons. The molecule has 19 heavy (non-hydrogen) atoms. The van der Waals surface area contributed by atoms with E-state index in [0.717, 1.165) is 11.1 Å². The highest BCUT2D eigenvalue weighted by molar-refractivity contribution is 5.35. The summed E-state index contributed by atoms with van der Waals surface area (Å²) in [4.78, 5) is 0. The van der Waals surface area contributed by atoms with Crippen LogP contribution in [0.25, 0.3) is 0 Å². The molecule has 0 fully saturated rings. The SMILES string of the molecule is CCNC(c1ccc2c(c1)COC2)C(F)(F)C(F)F.